The number of furan rings is 1. The summed E-state index contributed by atoms with van der Waals surface area (Å²) >= 11 is 1.58. The second-order valence-electron chi connectivity index (χ2n) is 5.27. The van der Waals surface area contributed by atoms with Crippen LogP contribution in [0.15, 0.2) is 47.1 Å². The maximum atomic E-state index is 12.4. The zero-order valence-corrected chi connectivity index (χ0v) is 13.3. The van der Waals surface area contributed by atoms with Crippen LogP contribution in [-0.2, 0) is 10.5 Å². The van der Waals surface area contributed by atoms with Crippen molar-refractivity contribution in [3.8, 4) is 5.75 Å². The molecular formula is C17H19NO3S. The zero-order valence-electron chi connectivity index (χ0n) is 12.5. The highest BCUT2D eigenvalue weighted by Crippen LogP contribution is 2.32. The molecule has 2 unspecified atom stereocenters. The Labute approximate surface area is 134 Å². The van der Waals surface area contributed by atoms with Crippen LogP contribution in [0.1, 0.15) is 30.7 Å². The van der Waals surface area contributed by atoms with E-state index in [2.05, 4.69) is 5.32 Å². The normalized spacial score (nSPS) is 18.1. The van der Waals surface area contributed by atoms with E-state index >= 15 is 0 Å². The number of nitrogens with one attached hydrogen (secondary N) is 1. The lowest BCUT2D eigenvalue weighted by molar-refractivity contribution is -0.121. The number of rotatable bonds is 5. The molecule has 0 radical (unpaired) electrons. The van der Waals surface area contributed by atoms with E-state index in [-0.39, 0.29) is 17.2 Å². The summed E-state index contributed by atoms with van der Waals surface area (Å²) in [6.07, 6.45) is 2.46. The monoisotopic (exact) mass is 317 g/mol. The Bertz CT molecular complexity index is 627. The number of ether oxygens (including phenoxy) is 1. The third-order valence-electron chi connectivity index (χ3n) is 3.70. The van der Waals surface area contributed by atoms with Gasteiger partial charge in [0.15, 0.2) is 0 Å². The van der Waals surface area contributed by atoms with Crippen LogP contribution in [0.3, 0.4) is 0 Å². The van der Waals surface area contributed by atoms with Gasteiger partial charge in [-0.2, -0.15) is 0 Å². The number of hydrogen-bond acceptors (Lipinski definition) is 4. The standard InChI is InChI=1S/C17H19NO3S/c1-12(22-11-13-5-4-9-20-13)17(19)18-15-8-10-21-16-7-3-2-6-14(15)16/h2-7,9,12,15H,8,10-11H2,1H3,(H,18,19). The van der Waals surface area contributed by atoms with Gasteiger partial charge in [-0.05, 0) is 25.1 Å². The Morgan fingerprint density at radius 3 is 3.05 bits per heavy atom. The highest BCUT2D eigenvalue weighted by molar-refractivity contribution is 7.99. The highest BCUT2D eigenvalue weighted by Gasteiger charge is 2.24. The molecule has 1 aliphatic rings. The minimum absolute atomic E-state index is 0.0316. The number of benzene rings is 1. The molecule has 0 saturated carbocycles. The van der Waals surface area contributed by atoms with Crippen molar-refractivity contribution in [2.75, 3.05) is 6.61 Å². The molecule has 2 aromatic rings. The van der Waals surface area contributed by atoms with Crippen LogP contribution in [-0.4, -0.2) is 17.8 Å². The lowest BCUT2D eigenvalue weighted by Gasteiger charge is -2.27. The maximum absolute atomic E-state index is 12.4. The summed E-state index contributed by atoms with van der Waals surface area (Å²) in [7, 11) is 0. The molecule has 0 aliphatic carbocycles. The zero-order chi connectivity index (χ0) is 15.4. The number of fused-ring (bicyclic) bond motifs is 1. The number of hydrogen-bond donors (Lipinski definition) is 1. The van der Waals surface area contributed by atoms with Crippen molar-refractivity contribution in [3.05, 3.63) is 54.0 Å². The van der Waals surface area contributed by atoms with Crippen molar-refractivity contribution in [3.63, 3.8) is 0 Å². The van der Waals surface area contributed by atoms with Gasteiger partial charge in [0.05, 0.1) is 29.9 Å². The van der Waals surface area contributed by atoms with Crippen LogP contribution in [0.4, 0.5) is 0 Å². The third kappa shape index (κ3) is 3.47. The van der Waals surface area contributed by atoms with Gasteiger partial charge >= 0.3 is 0 Å². The van der Waals surface area contributed by atoms with Gasteiger partial charge in [-0.25, -0.2) is 0 Å². The minimum atomic E-state index is -0.125. The average molecular weight is 317 g/mol. The molecule has 22 heavy (non-hydrogen) atoms. The SMILES string of the molecule is CC(SCc1ccco1)C(=O)NC1CCOc2ccccc21. The molecule has 2 atom stereocenters. The third-order valence-corrected chi connectivity index (χ3v) is 4.87. The molecule has 0 saturated heterocycles. The Morgan fingerprint density at radius 1 is 1.36 bits per heavy atom. The average Bonchev–Trinajstić information content (AvgIpc) is 3.06. The molecule has 116 valence electrons. The first kappa shape index (κ1) is 15.0. The van der Waals surface area contributed by atoms with Gasteiger partial charge in [-0.3, -0.25) is 4.79 Å². The molecule has 0 fully saturated rings. The topological polar surface area (TPSA) is 51.5 Å². The van der Waals surface area contributed by atoms with Gasteiger partial charge < -0.3 is 14.5 Å². The summed E-state index contributed by atoms with van der Waals surface area (Å²) in [5.41, 5.74) is 1.06. The van der Waals surface area contributed by atoms with Gasteiger partial charge in [-0.15, -0.1) is 11.8 Å². The maximum Gasteiger partial charge on any atom is 0.233 e. The molecule has 0 bridgehead atoms. The van der Waals surface area contributed by atoms with Gasteiger partial charge in [-0.1, -0.05) is 18.2 Å². The fourth-order valence-corrected chi connectivity index (χ4v) is 3.26. The van der Waals surface area contributed by atoms with Crippen LogP contribution in [0, 0.1) is 0 Å². The second-order valence-corrected chi connectivity index (χ2v) is 6.60. The second kappa shape index (κ2) is 6.92. The lowest BCUT2D eigenvalue weighted by Crippen LogP contribution is -2.36. The van der Waals surface area contributed by atoms with Crippen LogP contribution in [0.25, 0.3) is 0 Å². The summed E-state index contributed by atoms with van der Waals surface area (Å²) in [5, 5.41) is 3.01. The van der Waals surface area contributed by atoms with Gasteiger partial charge in [0, 0.05) is 12.0 Å². The molecule has 1 aromatic heterocycles. The molecule has 1 aliphatic heterocycles. The van der Waals surface area contributed by atoms with E-state index in [1.807, 2.05) is 43.3 Å². The first-order valence-corrected chi connectivity index (χ1v) is 8.45. The molecule has 1 amide bonds. The molecule has 5 heteroatoms. The minimum Gasteiger partial charge on any atom is -0.493 e. The van der Waals surface area contributed by atoms with Crippen molar-refractivity contribution >= 4 is 17.7 Å². The summed E-state index contributed by atoms with van der Waals surface area (Å²) in [4.78, 5) is 12.4. The van der Waals surface area contributed by atoms with Gasteiger partial charge in [0.25, 0.3) is 0 Å². The first-order chi connectivity index (χ1) is 10.7. The quantitative estimate of drug-likeness (QED) is 0.916. The highest BCUT2D eigenvalue weighted by atomic mass is 32.2. The predicted molar refractivity (Wildman–Crippen MR) is 86.9 cm³/mol. The van der Waals surface area contributed by atoms with Crippen molar-refractivity contribution in [2.45, 2.75) is 30.4 Å². The predicted octanol–water partition coefficient (Wildman–Crippen LogP) is 3.54. The van der Waals surface area contributed by atoms with Crippen LogP contribution < -0.4 is 10.1 Å². The number of carbonyl (C=O) groups excluding carboxylic acids is 1. The fourth-order valence-electron chi connectivity index (χ4n) is 2.46. The summed E-state index contributed by atoms with van der Waals surface area (Å²) in [6.45, 7) is 2.56. The van der Waals surface area contributed by atoms with Crippen molar-refractivity contribution in [1.82, 2.24) is 5.32 Å². The molecular weight excluding hydrogens is 298 g/mol. The van der Waals surface area contributed by atoms with Crippen LogP contribution in [0.5, 0.6) is 5.75 Å². The number of thioether (sulfide) groups is 1. The van der Waals surface area contributed by atoms with Gasteiger partial charge in [0.1, 0.15) is 11.5 Å². The van der Waals surface area contributed by atoms with Crippen molar-refractivity contribution in [2.24, 2.45) is 0 Å². The molecule has 0 spiro atoms. The van der Waals surface area contributed by atoms with Crippen molar-refractivity contribution in [1.29, 1.82) is 0 Å². The molecule has 1 N–H and O–H groups in total. The van der Waals surface area contributed by atoms with Gasteiger partial charge in [0.2, 0.25) is 5.91 Å². The van der Waals surface area contributed by atoms with Crippen LogP contribution in [0.2, 0.25) is 0 Å². The van der Waals surface area contributed by atoms with Crippen molar-refractivity contribution < 1.29 is 13.9 Å². The Kier molecular flexibility index (Phi) is 4.73. The van der Waals surface area contributed by atoms with E-state index < -0.39 is 0 Å². The molecule has 2 heterocycles. The molecule has 3 rings (SSSR count). The van der Waals surface area contributed by atoms with E-state index in [1.165, 1.54) is 0 Å². The fraction of sp³-hybridized carbons (Fsp3) is 0.353. The van der Waals surface area contributed by atoms with Crippen LogP contribution >= 0.6 is 11.8 Å². The summed E-state index contributed by atoms with van der Waals surface area (Å²) in [6, 6.07) is 11.7. The Balaban J connectivity index is 1.57. The first-order valence-electron chi connectivity index (χ1n) is 7.40. The number of para-hydroxylation sites is 1. The molecule has 4 nitrogen and oxygen atoms in total. The number of carbonyl (C=O) groups is 1. The largest absolute Gasteiger partial charge is 0.493 e. The Hall–Kier alpha value is -1.88. The molecule has 1 aromatic carbocycles. The van der Waals surface area contributed by atoms with E-state index in [0.29, 0.717) is 12.4 Å². The summed E-state index contributed by atoms with van der Waals surface area (Å²) < 4.78 is 10.9. The Morgan fingerprint density at radius 2 is 2.23 bits per heavy atom. The van der Waals surface area contributed by atoms with E-state index in [1.54, 1.807) is 18.0 Å². The van der Waals surface area contributed by atoms with E-state index in [4.69, 9.17) is 9.15 Å². The van der Waals surface area contributed by atoms with E-state index in [9.17, 15) is 4.79 Å². The smallest absolute Gasteiger partial charge is 0.233 e. The van der Waals surface area contributed by atoms with E-state index in [0.717, 1.165) is 23.5 Å². The lowest BCUT2D eigenvalue weighted by atomic mass is 10.0. The summed E-state index contributed by atoms with van der Waals surface area (Å²) in [5.74, 6) is 2.51. The number of amides is 1.